The van der Waals surface area contributed by atoms with Gasteiger partial charge < -0.3 is 10.4 Å². The average molecular weight is 291 g/mol. The fourth-order valence-corrected chi connectivity index (χ4v) is 2.17. The van der Waals surface area contributed by atoms with Gasteiger partial charge in [-0.25, -0.2) is 4.79 Å². The molecule has 0 radical (unpaired) electrons. The van der Waals surface area contributed by atoms with Crippen LogP contribution in [0.3, 0.4) is 0 Å². The molecular weight excluding hydrogens is 266 g/mol. The Balaban J connectivity index is 2.21. The van der Waals surface area contributed by atoms with Crippen LogP contribution in [-0.4, -0.2) is 17.0 Å². The van der Waals surface area contributed by atoms with E-state index in [1.54, 1.807) is 18.2 Å². The zero-order valence-corrected chi connectivity index (χ0v) is 12.7. The first-order valence-electron chi connectivity index (χ1n) is 7.72. The van der Waals surface area contributed by atoms with E-state index in [1.165, 1.54) is 25.7 Å². The van der Waals surface area contributed by atoms with Crippen LogP contribution >= 0.6 is 0 Å². The number of rotatable bonds is 10. The smallest absolute Gasteiger partial charge is 0.335 e. The molecule has 0 bridgehead atoms. The summed E-state index contributed by atoms with van der Waals surface area (Å²) in [5, 5.41) is 11.7. The zero-order chi connectivity index (χ0) is 15.5. The van der Waals surface area contributed by atoms with Crippen molar-refractivity contribution in [3.05, 3.63) is 35.4 Å². The van der Waals surface area contributed by atoms with Crippen molar-refractivity contribution in [1.29, 1.82) is 0 Å². The molecule has 0 spiro atoms. The van der Waals surface area contributed by atoms with Gasteiger partial charge in [-0.2, -0.15) is 0 Å². The van der Waals surface area contributed by atoms with E-state index in [0.29, 0.717) is 13.0 Å². The fraction of sp³-hybridized carbons (Fsp3) is 0.529. The largest absolute Gasteiger partial charge is 0.478 e. The van der Waals surface area contributed by atoms with Crippen LogP contribution < -0.4 is 5.32 Å². The van der Waals surface area contributed by atoms with Gasteiger partial charge in [0.15, 0.2) is 0 Å². The van der Waals surface area contributed by atoms with Crippen molar-refractivity contribution in [2.24, 2.45) is 0 Å². The summed E-state index contributed by atoms with van der Waals surface area (Å²) in [5.74, 6) is -0.915. The lowest BCUT2D eigenvalue weighted by molar-refractivity contribution is -0.121. The van der Waals surface area contributed by atoms with Gasteiger partial charge >= 0.3 is 5.97 Å². The molecule has 0 saturated carbocycles. The van der Waals surface area contributed by atoms with Crippen LogP contribution in [0.2, 0.25) is 0 Å². The van der Waals surface area contributed by atoms with E-state index in [-0.39, 0.29) is 11.5 Å². The van der Waals surface area contributed by atoms with Crippen LogP contribution in [0, 0.1) is 0 Å². The maximum atomic E-state index is 11.7. The van der Waals surface area contributed by atoms with Crippen molar-refractivity contribution in [3.8, 4) is 0 Å². The first-order valence-corrected chi connectivity index (χ1v) is 7.72. The second-order valence-electron chi connectivity index (χ2n) is 5.30. The predicted octanol–water partition coefficient (Wildman–Crippen LogP) is 3.75. The Morgan fingerprint density at radius 3 is 2.52 bits per heavy atom. The van der Waals surface area contributed by atoms with Crippen molar-refractivity contribution in [3.63, 3.8) is 0 Å². The van der Waals surface area contributed by atoms with Crippen LogP contribution in [0.25, 0.3) is 0 Å². The van der Waals surface area contributed by atoms with Crippen molar-refractivity contribution < 1.29 is 14.7 Å². The lowest BCUT2D eigenvalue weighted by Crippen LogP contribution is -2.22. The molecule has 116 valence electrons. The lowest BCUT2D eigenvalue weighted by atomic mass is 10.1. The molecule has 21 heavy (non-hydrogen) atoms. The van der Waals surface area contributed by atoms with Crippen LogP contribution in [-0.2, 0) is 11.3 Å². The van der Waals surface area contributed by atoms with Crippen LogP contribution in [0.15, 0.2) is 24.3 Å². The highest BCUT2D eigenvalue weighted by Crippen LogP contribution is 2.08. The van der Waals surface area contributed by atoms with Gasteiger partial charge in [-0.3, -0.25) is 4.79 Å². The number of carboxylic acid groups (broad SMARTS) is 1. The zero-order valence-electron chi connectivity index (χ0n) is 12.7. The Morgan fingerprint density at radius 1 is 1.10 bits per heavy atom. The number of amides is 1. The molecule has 1 rings (SSSR count). The highest BCUT2D eigenvalue weighted by atomic mass is 16.4. The van der Waals surface area contributed by atoms with Gasteiger partial charge in [0.05, 0.1) is 5.56 Å². The van der Waals surface area contributed by atoms with Crippen molar-refractivity contribution >= 4 is 11.9 Å². The van der Waals surface area contributed by atoms with Crippen LogP contribution in [0.1, 0.15) is 67.8 Å². The number of carbonyl (C=O) groups excluding carboxylic acids is 1. The summed E-state index contributed by atoms with van der Waals surface area (Å²) in [6, 6.07) is 6.65. The summed E-state index contributed by atoms with van der Waals surface area (Å²) in [6.07, 6.45) is 7.52. The van der Waals surface area contributed by atoms with E-state index in [0.717, 1.165) is 18.4 Å². The van der Waals surface area contributed by atoms with E-state index in [1.807, 2.05) is 6.07 Å². The van der Waals surface area contributed by atoms with Crippen molar-refractivity contribution in [2.75, 3.05) is 0 Å². The third-order valence-electron chi connectivity index (χ3n) is 3.42. The summed E-state index contributed by atoms with van der Waals surface area (Å²) in [7, 11) is 0. The number of hydrogen-bond donors (Lipinski definition) is 2. The summed E-state index contributed by atoms with van der Waals surface area (Å²) in [4.78, 5) is 22.5. The molecular formula is C17H25NO3. The summed E-state index contributed by atoms with van der Waals surface area (Å²) in [5.41, 5.74) is 1.06. The predicted molar refractivity (Wildman–Crippen MR) is 83.2 cm³/mol. The van der Waals surface area contributed by atoms with Crippen LogP contribution in [0.4, 0.5) is 0 Å². The third-order valence-corrected chi connectivity index (χ3v) is 3.42. The standard InChI is InChI=1S/C17H25NO3/c1-2-3-4-5-6-7-11-16(19)18-13-14-9-8-10-15(12-14)17(20)21/h8-10,12H,2-7,11,13H2,1H3,(H,18,19)(H,20,21). The van der Waals surface area contributed by atoms with E-state index in [9.17, 15) is 9.59 Å². The first-order chi connectivity index (χ1) is 10.1. The summed E-state index contributed by atoms with van der Waals surface area (Å²) in [6.45, 7) is 2.57. The topological polar surface area (TPSA) is 66.4 Å². The molecule has 0 aliphatic heterocycles. The third kappa shape index (κ3) is 7.49. The Hall–Kier alpha value is -1.84. The number of aromatic carboxylic acids is 1. The van der Waals surface area contributed by atoms with Gasteiger partial charge in [0.2, 0.25) is 5.91 Å². The molecule has 0 aromatic heterocycles. The molecule has 0 saturated heterocycles. The molecule has 0 aliphatic carbocycles. The quantitative estimate of drug-likeness (QED) is 0.645. The molecule has 4 heteroatoms. The van der Waals surface area contributed by atoms with E-state index in [2.05, 4.69) is 12.2 Å². The normalized spacial score (nSPS) is 10.3. The van der Waals surface area contributed by atoms with E-state index < -0.39 is 5.97 Å². The molecule has 4 nitrogen and oxygen atoms in total. The Bertz CT molecular complexity index is 457. The maximum Gasteiger partial charge on any atom is 0.335 e. The fourth-order valence-electron chi connectivity index (χ4n) is 2.17. The van der Waals surface area contributed by atoms with E-state index in [4.69, 9.17) is 5.11 Å². The van der Waals surface area contributed by atoms with Gasteiger partial charge in [0, 0.05) is 13.0 Å². The summed E-state index contributed by atoms with van der Waals surface area (Å²) >= 11 is 0. The molecule has 0 heterocycles. The molecule has 0 fully saturated rings. The molecule has 1 amide bonds. The molecule has 0 unspecified atom stereocenters. The van der Waals surface area contributed by atoms with Crippen molar-refractivity contribution in [1.82, 2.24) is 5.32 Å². The van der Waals surface area contributed by atoms with Gasteiger partial charge in [-0.1, -0.05) is 51.2 Å². The molecule has 0 aliphatic rings. The van der Waals surface area contributed by atoms with E-state index >= 15 is 0 Å². The first kappa shape index (κ1) is 17.2. The molecule has 1 aromatic carbocycles. The number of hydrogen-bond acceptors (Lipinski definition) is 2. The number of nitrogens with one attached hydrogen (secondary N) is 1. The number of unbranched alkanes of at least 4 members (excludes halogenated alkanes) is 5. The Morgan fingerprint density at radius 2 is 1.81 bits per heavy atom. The van der Waals surface area contributed by atoms with Gasteiger partial charge in [0.1, 0.15) is 0 Å². The van der Waals surface area contributed by atoms with Gasteiger partial charge in [0.25, 0.3) is 0 Å². The molecule has 1 aromatic rings. The van der Waals surface area contributed by atoms with Gasteiger partial charge in [-0.05, 0) is 24.1 Å². The molecule has 2 N–H and O–H groups in total. The molecule has 0 atom stereocenters. The number of carbonyl (C=O) groups is 2. The second-order valence-corrected chi connectivity index (χ2v) is 5.30. The van der Waals surface area contributed by atoms with Gasteiger partial charge in [-0.15, -0.1) is 0 Å². The highest BCUT2D eigenvalue weighted by Gasteiger charge is 2.05. The minimum absolute atomic E-state index is 0.0335. The lowest BCUT2D eigenvalue weighted by Gasteiger charge is -2.06. The maximum absolute atomic E-state index is 11.7. The monoisotopic (exact) mass is 291 g/mol. The Labute approximate surface area is 126 Å². The van der Waals surface area contributed by atoms with Crippen LogP contribution in [0.5, 0.6) is 0 Å². The second kappa shape index (κ2) is 9.97. The Kier molecular flexibility index (Phi) is 8.17. The minimum atomic E-state index is -0.949. The highest BCUT2D eigenvalue weighted by molar-refractivity contribution is 5.87. The number of benzene rings is 1. The SMILES string of the molecule is CCCCCCCCC(=O)NCc1cccc(C(=O)O)c1. The number of carboxylic acids is 1. The minimum Gasteiger partial charge on any atom is -0.478 e. The average Bonchev–Trinajstić information content (AvgIpc) is 2.49. The summed E-state index contributed by atoms with van der Waals surface area (Å²) < 4.78 is 0. The van der Waals surface area contributed by atoms with Crippen molar-refractivity contribution in [2.45, 2.75) is 58.4 Å².